The molecule has 1 aromatic carbocycles. The molecule has 0 radical (unpaired) electrons. The second-order valence-corrected chi connectivity index (χ2v) is 18.7. The molecule has 10 heteroatoms. The normalized spacial score (nSPS) is 16.3. The van der Waals surface area contributed by atoms with Crippen molar-refractivity contribution in [1.82, 2.24) is 9.78 Å². The summed E-state index contributed by atoms with van der Waals surface area (Å²) in [5, 5.41) is 7.77. The minimum Gasteiger partial charge on any atom is -0.415 e. The zero-order valence-electron chi connectivity index (χ0n) is 22.3. The second-order valence-electron chi connectivity index (χ2n) is 11.5. The van der Waals surface area contributed by atoms with Crippen molar-refractivity contribution in [3.8, 4) is 0 Å². The Hall–Kier alpha value is -1.68. The third kappa shape index (κ3) is 7.43. The van der Waals surface area contributed by atoms with E-state index in [9.17, 15) is 13.2 Å². The van der Waals surface area contributed by atoms with Crippen molar-refractivity contribution < 1.29 is 17.6 Å². The Morgan fingerprint density at radius 3 is 2.50 bits per heavy atom. The lowest BCUT2D eigenvalue weighted by Gasteiger charge is -2.36. The summed E-state index contributed by atoms with van der Waals surface area (Å²) in [5.74, 6) is 0.348. The van der Waals surface area contributed by atoms with Crippen LogP contribution in [-0.4, -0.2) is 45.3 Å². The molecule has 0 saturated heterocycles. The standard InChI is InChI=1S/C26H40ClN3O4SSi/c1-26(2,3)36(5,6)34-16-15-30-14-13-24(29-30)28-25(31)21(17-19-9-7-8-10-19)20-11-12-23(22(27)18-20)35(4,32)33/h11-14,18-19,21H,7-10,15-17H2,1-6H3,(H,28,29,31)/t21-/m1/s1. The van der Waals surface area contributed by atoms with Gasteiger partial charge in [-0.3, -0.25) is 9.48 Å². The van der Waals surface area contributed by atoms with Crippen LogP contribution in [-0.2, 0) is 25.6 Å². The van der Waals surface area contributed by atoms with Crippen molar-refractivity contribution in [1.29, 1.82) is 0 Å². The van der Waals surface area contributed by atoms with Crippen LogP contribution in [0.5, 0.6) is 0 Å². The second kappa shape index (κ2) is 11.4. The number of carbonyl (C=O) groups excluding carboxylic acids is 1. The van der Waals surface area contributed by atoms with Gasteiger partial charge in [0.1, 0.15) is 0 Å². The molecular weight excluding hydrogens is 514 g/mol. The largest absolute Gasteiger partial charge is 0.415 e. The highest BCUT2D eigenvalue weighted by molar-refractivity contribution is 7.90. The van der Waals surface area contributed by atoms with Crippen molar-refractivity contribution in [3.05, 3.63) is 41.0 Å². The summed E-state index contributed by atoms with van der Waals surface area (Å²) in [6.07, 6.45) is 8.21. The minimum atomic E-state index is -3.44. The molecule has 1 N–H and O–H groups in total. The Bertz CT molecular complexity index is 1170. The monoisotopic (exact) mass is 553 g/mol. The van der Waals surface area contributed by atoms with Crippen LogP contribution < -0.4 is 5.32 Å². The molecule has 7 nitrogen and oxygen atoms in total. The summed E-state index contributed by atoms with van der Waals surface area (Å²) in [4.78, 5) is 13.5. The summed E-state index contributed by atoms with van der Waals surface area (Å²) in [6, 6.07) is 6.61. The van der Waals surface area contributed by atoms with Gasteiger partial charge in [0.2, 0.25) is 5.91 Å². The zero-order chi connectivity index (χ0) is 26.7. The summed E-state index contributed by atoms with van der Waals surface area (Å²) >= 11 is 6.32. The number of benzene rings is 1. The van der Waals surface area contributed by atoms with Crippen LogP contribution in [0.1, 0.15) is 64.4 Å². The van der Waals surface area contributed by atoms with E-state index in [1.54, 1.807) is 22.9 Å². The Morgan fingerprint density at radius 1 is 1.25 bits per heavy atom. The molecule has 1 fully saturated rings. The van der Waals surface area contributed by atoms with Crippen LogP contribution in [0.15, 0.2) is 35.4 Å². The lowest BCUT2D eigenvalue weighted by molar-refractivity contribution is -0.118. The van der Waals surface area contributed by atoms with E-state index >= 15 is 0 Å². The van der Waals surface area contributed by atoms with Gasteiger partial charge in [-0.2, -0.15) is 5.10 Å². The number of carbonyl (C=O) groups is 1. The number of nitrogens with one attached hydrogen (secondary N) is 1. The van der Waals surface area contributed by atoms with E-state index in [4.69, 9.17) is 16.0 Å². The highest BCUT2D eigenvalue weighted by Gasteiger charge is 2.37. The fourth-order valence-electron chi connectivity index (χ4n) is 4.39. The lowest BCUT2D eigenvalue weighted by atomic mass is 9.87. The maximum Gasteiger partial charge on any atom is 0.233 e. The zero-order valence-corrected chi connectivity index (χ0v) is 24.9. The van der Waals surface area contributed by atoms with Crippen molar-refractivity contribution in [2.45, 2.75) is 88.4 Å². The number of rotatable bonds is 10. The third-order valence-electron chi connectivity index (χ3n) is 7.60. The molecular formula is C26H40ClN3O4SSi. The quantitative estimate of drug-likeness (QED) is 0.350. The van der Waals surface area contributed by atoms with Gasteiger partial charge in [0.05, 0.1) is 29.0 Å². The first-order valence-corrected chi connectivity index (χ1v) is 17.8. The molecule has 1 aromatic heterocycles. The number of halogens is 1. The third-order valence-corrected chi connectivity index (χ3v) is 13.7. The van der Waals surface area contributed by atoms with Gasteiger partial charge >= 0.3 is 0 Å². The molecule has 0 spiro atoms. The molecule has 1 heterocycles. The summed E-state index contributed by atoms with van der Waals surface area (Å²) in [6.45, 7) is 12.3. The van der Waals surface area contributed by atoms with Gasteiger partial charge in [0.15, 0.2) is 24.0 Å². The number of aromatic nitrogens is 2. The van der Waals surface area contributed by atoms with E-state index in [1.165, 1.54) is 18.9 Å². The van der Waals surface area contributed by atoms with Gasteiger partial charge in [0.25, 0.3) is 0 Å². The molecule has 3 rings (SSSR count). The topological polar surface area (TPSA) is 90.3 Å². The van der Waals surface area contributed by atoms with E-state index < -0.39 is 24.1 Å². The summed E-state index contributed by atoms with van der Waals surface area (Å²) < 4.78 is 32.0. The van der Waals surface area contributed by atoms with Crippen LogP contribution in [0, 0.1) is 5.92 Å². The Labute approximate surface area is 222 Å². The Balaban J connectivity index is 1.71. The van der Waals surface area contributed by atoms with Crippen molar-refractivity contribution >= 4 is 41.5 Å². The number of nitrogens with zero attached hydrogens (tertiary/aromatic N) is 2. The average Bonchev–Trinajstić information content (AvgIpc) is 3.42. The van der Waals surface area contributed by atoms with Gasteiger partial charge in [-0.1, -0.05) is 64.1 Å². The predicted molar refractivity (Wildman–Crippen MR) is 148 cm³/mol. The number of hydrogen-bond acceptors (Lipinski definition) is 5. The number of anilines is 1. The number of amides is 1. The SMILES string of the molecule is CC(C)(C)[Si](C)(C)OCCn1ccc(NC(=O)[C@H](CC2CCCC2)c2ccc(S(C)(=O)=O)c(Cl)c2)n1. The molecule has 2 aromatic rings. The van der Waals surface area contributed by atoms with Crippen LogP contribution in [0.4, 0.5) is 5.82 Å². The average molecular weight is 554 g/mol. The lowest BCUT2D eigenvalue weighted by Crippen LogP contribution is -2.41. The van der Waals surface area contributed by atoms with Crippen LogP contribution in [0.2, 0.25) is 23.2 Å². The first kappa shape index (κ1) is 28.9. The molecule has 0 unspecified atom stereocenters. The molecule has 1 aliphatic rings. The molecule has 1 atom stereocenters. The van der Waals surface area contributed by atoms with Gasteiger partial charge in [-0.15, -0.1) is 0 Å². The molecule has 0 aliphatic heterocycles. The molecule has 0 bridgehead atoms. The highest BCUT2D eigenvalue weighted by Crippen LogP contribution is 2.37. The maximum atomic E-state index is 13.4. The maximum absolute atomic E-state index is 13.4. The van der Waals surface area contributed by atoms with Gasteiger partial charge in [-0.25, -0.2) is 8.42 Å². The molecule has 200 valence electrons. The van der Waals surface area contributed by atoms with Gasteiger partial charge in [0, 0.05) is 18.5 Å². The summed E-state index contributed by atoms with van der Waals surface area (Å²) in [5.41, 5.74) is 0.721. The van der Waals surface area contributed by atoms with Crippen LogP contribution >= 0.6 is 11.6 Å². The van der Waals surface area contributed by atoms with Crippen molar-refractivity contribution in [2.24, 2.45) is 5.92 Å². The van der Waals surface area contributed by atoms with Gasteiger partial charge in [-0.05, 0) is 48.2 Å². The Kier molecular flexibility index (Phi) is 9.12. The van der Waals surface area contributed by atoms with E-state index in [2.05, 4.69) is 44.3 Å². The van der Waals surface area contributed by atoms with Crippen molar-refractivity contribution in [2.75, 3.05) is 18.2 Å². The van der Waals surface area contributed by atoms with E-state index in [-0.39, 0.29) is 20.9 Å². The van der Waals surface area contributed by atoms with Crippen LogP contribution in [0.3, 0.4) is 0 Å². The fourth-order valence-corrected chi connectivity index (χ4v) is 6.76. The van der Waals surface area contributed by atoms with Crippen LogP contribution in [0.25, 0.3) is 0 Å². The van der Waals surface area contributed by atoms with E-state index in [1.807, 2.05) is 6.20 Å². The van der Waals surface area contributed by atoms with E-state index in [0.29, 0.717) is 31.3 Å². The molecule has 1 amide bonds. The van der Waals surface area contributed by atoms with Crippen molar-refractivity contribution in [3.63, 3.8) is 0 Å². The number of sulfone groups is 1. The van der Waals surface area contributed by atoms with Gasteiger partial charge < -0.3 is 9.74 Å². The summed E-state index contributed by atoms with van der Waals surface area (Å²) in [7, 11) is -5.27. The Morgan fingerprint density at radius 2 is 1.92 bits per heavy atom. The molecule has 1 saturated carbocycles. The smallest absolute Gasteiger partial charge is 0.233 e. The van der Waals surface area contributed by atoms with E-state index in [0.717, 1.165) is 24.7 Å². The minimum absolute atomic E-state index is 0.0756. The fraction of sp³-hybridized carbons (Fsp3) is 0.615. The number of hydrogen-bond donors (Lipinski definition) is 1. The predicted octanol–water partition coefficient (Wildman–Crippen LogP) is 6.26. The first-order chi connectivity index (χ1) is 16.7. The highest BCUT2D eigenvalue weighted by atomic mass is 35.5. The molecule has 1 aliphatic carbocycles. The molecule has 36 heavy (non-hydrogen) atoms. The first-order valence-electron chi connectivity index (χ1n) is 12.7.